The standard InChI is InChI=1S/C10H13Cl2NS/c11-9-2-1-8(10(12)7-9)3-5-14-6-4-13/h1-2,7H,3-6,13H2. The van der Waals surface area contributed by atoms with E-state index in [-0.39, 0.29) is 0 Å². The fraction of sp³-hybridized carbons (Fsp3) is 0.400. The van der Waals surface area contributed by atoms with E-state index in [1.807, 2.05) is 23.9 Å². The first-order chi connectivity index (χ1) is 6.74. The summed E-state index contributed by atoms with van der Waals surface area (Å²) in [6, 6.07) is 5.64. The lowest BCUT2D eigenvalue weighted by atomic mass is 10.2. The van der Waals surface area contributed by atoms with Gasteiger partial charge in [-0.2, -0.15) is 11.8 Å². The van der Waals surface area contributed by atoms with Crippen LogP contribution in [0.15, 0.2) is 18.2 Å². The minimum absolute atomic E-state index is 0.688. The van der Waals surface area contributed by atoms with Gasteiger partial charge < -0.3 is 5.73 Å². The molecular formula is C10H13Cl2NS. The molecule has 1 aromatic carbocycles. The largest absolute Gasteiger partial charge is 0.330 e. The van der Waals surface area contributed by atoms with Crippen LogP contribution < -0.4 is 5.73 Å². The highest BCUT2D eigenvalue weighted by atomic mass is 35.5. The Morgan fingerprint density at radius 1 is 1.21 bits per heavy atom. The third-order valence-corrected chi connectivity index (χ3v) is 3.40. The van der Waals surface area contributed by atoms with Gasteiger partial charge in [-0.1, -0.05) is 29.3 Å². The van der Waals surface area contributed by atoms with Gasteiger partial charge in [0.2, 0.25) is 0 Å². The lowest BCUT2D eigenvalue weighted by molar-refractivity contribution is 1.12. The molecule has 0 saturated heterocycles. The molecule has 0 saturated carbocycles. The zero-order valence-corrected chi connectivity index (χ0v) is 10.1. The number of benzene rings is 1. The second kappa shape index (κ2) is 6.57. The Hall–Kier alpha value is 0.110. The van der Waals surface area contributed by atoms with E-state index in [9.17, 15) is 0 Å². The third-order valence-electron chi connectivity index (χ3n) is 1.79. The van der Waals surface area contributed by atoms with Crippen LogP contribution in [0.4, 0.5) is 0 Å². The van der Waals surface area contributed by atoms with E-state index in [0.717, 1.165) is 35.1 Å². The Bertz CT molecular complexity index is 291. The van der Waals surface area contributed by atoms with E-state index in [2.05, 4.69) is 0 Å². The summed E-state index contributed by atoms with van der Waals surface area (Å²) < 4.78 is 0. The molecular weight excluding hydrogens is 237 g/mol. The van der Waals surface area contributed by atoms with Crippen LogP contribution in [-0.4, -0.2) is 18.1 Å². The molecule has 0 aliphatic carbocycles. The molecule has 0 heterocycles. The van der Waals surface area contributed by atoms with Crippen LogP contribution in [0.25, 0.3) is 0 Å². The summed E-state index contributed by atoms with van der Waals surface area (Å²) in [6.07, 6.45) is 0.973. The summed E-state index contributed by atoms with van der Waals surface area (Å²) in [7, 11) is 0. The summed E-state index contributed by atoms with van der Waals surface area (Å²) in [6.45, 7) is 0.735. The molecule has 2 N–H and O–H groups in total. The Morgan fingerprint density at radius 3 is 2.64 bits per heavy atom. The maximum Gasteiger partial charge on any atom is 0.0453 e. The molecule has 0 fully saturated rings. The quantitative estimate of drug-likeness (QED) is 0.812. The highest BCUT2D eigenvalue weighted by Crippen LogP contribution is 2.22. The molecule has 0 aliphatic heterocycles. The fourth-order valence-electron chi connectivity index (χ4n) is 1.09. The van der Waals surface area contributed by atoms with Crippen molar-refractivity contribution in [1.29, 1.82) is 0 Å². The smallest absolute Gasteiger partial charge is 0.0453 e. The Morgan fingerprint density at radius 2 is 2.00 bits per heavy atom. The Balaban J connectivity index is 2.42. The van der Waals surface area contributed by atoms with Gasteiger partial charge >= 0.3 is 0 Å². The van der Waals surface area contributed by atoms with E-state index in [1.54, 1.807) is 6.07 Å². The van der Waals surface area contributed by atoms with Gasteiger partial charge in [0.25, 0.3) is 0 Å². The number of thioether (sulfide) groups is 1. The topological polar surface area (TPSA) is 26.0 Å². The highest BCUT2D eigenvalue weighted by Gasteiger charge is 2.00. The minimum atomic E-state index is 0.688. The van der Waals surface area contributed by atoms with Crippen molar-refractivity contribution in [3.05, 3.63) is 33.8 Å². The third kappa shape index (κ3) is 4.09. The zero-order chi connectivity index (χ0) is 10.4. The summed E-state index contributed by atoms with van der Waals surface area (Å²) in [5.74, 6) is 2.06. The SMILES string of the molecule is NCCSCCc1ccc(Cl)cc1Cl. The molecule has 4 heteroatoms. The lowest BCUT2D eigenvalue weighted by Gasteiger charge is -2.04. The van der Waals surface area contributed by atoms with E-state index in [0.29, 0.717) is 5.02 Å². The molecule has 0 atom stereocenters. The van der Waals surface area contributed by atoms with Crippen molar-refractivity contribution in [1.82, 2.24) is 0 Å². The number of rotatable bonds is 5. The van der Waals surface area contributed by atoms with Gasteiger partial charge in [-0.3, -0.25) is 0 Å². The summed E-state index contributed by atoms with van der Waals surface area (Å²) in [4.78, 5) is 0. The second-order valence-corrected chi connectivity index (χ2v) is 4.96. The average molecular weight is 250 g/mol. The first kappa shape index (κ1) is 12.2. The van der Waals surface area contributed by atoms with E-state index in [1.165, 1.54) is 0 Å². The molecule has 1 aromatic rings. The molecule has 0 radical (unpaired) electrons. The van der Waals surface area contributed by atoms with E-state index < -0.39 is 0 Å². The first-order valence-corrected chi connectivity index (χ1v) is 6.37. The molecule has 0 bridgehead atoms. The van der Waals surface area contributed by atoms with Gasteiger partial charge in [0.1, 0.15) is 0 Å². The van der Waals surface area contributed by atoms with Crippen LogP contribution in [0.5, 0.6) is 0 Å². The summed E-state index contributed by atoms with van der Waals surface area (Å²) in [5, 5.41) is 1.44. The molecule has 1 rings (SSSR count). The minimum Gasteiger partial charge on any atom is -0.330 e. The van der Waals surface area contributed by atoms with Gasteiger partial charge in [-0.05, 0) is 29.9 Å². The number of aryl methyl sites for hydroxylation is 1. The number of nitrogens with two attached hydrogens (primary N) is 1. The van der Waals surface area contributed by atoms with Gasteiger partial charge in [0, 0.05) is 22.3 Å². The second-order valence-electron chi connectivity index (χ2n) is 2.89. The van der Waals surface area contributed by atoms with E-state index in [4.69, 9.17) is 28.9 Å². The van der Waals surface area contributed by atoms with Crippen molar-refractivity contribution < 1.29 is 0 Å². The van der Waals surface area contributed by atoms with Crippen LogP contribution in [0.2, 0.25) is 10.0 Å². The number of hydrogen-bond donors (Lipinski definition) is 1. The molecule has 0 aliphatic rings. The van der Waals surface area contributed by atoms with Crippen LogP contribution in [0.1, 0.15) is 5.56 Å². The fourth-order valence-corrected chi connectivity index (χ4v) is 2.33. The first-order valence-electron chi connectivity index (χ1n) is 4.46. The molecule has 0 amide bonds. The molecule has 1 nitrogen and oxygen atoms in total. The van der Waals surface area contributed by atoms with Crippen molar-refractivity contribution in [2.75, 3.05) is 18.1 Å². The van der Waals surface area contributed by atoms with Gasteiger partial charge in [0.05, 0.1) is 0 Å². The Labute approximate surface area is 99.0 Å². The van der Waals surface area contributed by atoms with Crippen LogP contribution in [-0.2, 0) is 6.42 Å². The number of hydrogen-bond acceptors (Lipinski definition) is 2. The van der Waals surface area contributed by atoms with Crippen molar-refractivity contribution in [3.8, 4) is 0 Å². The van der Waals surface area contributed by atoms with Gasteiger partial charge in [-0.25, -0.2) is 0 Å². The molecule has 78 valence electrons. The van der Waals surface area contributed by atoms with Crippen molar-refractivity contribution >= 4 is 35.0 Å². The molecule has 0 aromatic heterocycles. The van der Waals surface area contributed by atoms with Crippen molar-refractivity contribution in [3.63, 3.8) is 0 Å². The van der Waals surface area contributed by atoms with Crippen LogP contribution in [0.3, 0.4) is 0 Å². The van der Waals surface area contributed by atoms with Gasteiger partial charge in [-0.15, -0.1) is 0 Å². The van der Waals surface area contributed by atoms with Crippen LogP contribution >= 0.6 is 35.0 Å². The van der Waals surface area contributed by atoms with Crippen molar-refractivity contribution in [2.45, 2.75) is 6.42 Å². The normalized spacial score (nSPS) is 10.5. The maximum atomic E-state index is 6.02. The number of halogens is 2. The van der Waals surface area contributed by atoms with Crippen molar-refractivity contribution in [2.24, 2.45) is 5.73 Å². The maximum absolute atomic E-state index is 6.02. The van der Waals surface area contributed by atoms with Crippen LogP contribution in [0, 0.1) is 0 Å². The predicted octanol–water partition coefficient (Wildman–Crippen LogP) is 3.23. The lowest BCUT2D eigenvalue weighted by Crippen LogP contribution is -2.02. The molecule has 0 unspecified atom stereocenters. The highest BCUT2D eigenvalue weighted by molar-refractivity contribution is 7.99. The van der Waals surface area contributed by atoms with Gasteiger partial charge in [0.15, 0.2) is 0 Å². The molecule has 0 spiro atoms. The zero-order valence-electron chi connectivity index (χ0n) is 7.80. The van der Waals surface area contributed by atoms with E-state index >= 15 is 0 Å². The summed E-state index contributed by atoms with van der Waals surface area (Å²) in [5.41, 5.74) is 6.55. The Kier molecular flexibility index (Phi) is 5.71. The average Bonchev–Trinajstić information content (AvgIpc) is 2.15. The molecule has 14 heavy (non-hydrogen) atoms. The monoisotopic (exact) mass is 249 g/mol. The predicted molar refractivity (Wildman–Crippen MR) is 66.5 cm³/mol. The summed E-state index contributed by atoms with van der Waals surface area (Å²) >= 11 is 13.7.